The number of ether oxygens (including phenoxy) is 1. The third kappa shape index (κ3) is 1.22. The molecule has 1 rings (SSSR count). The second-order valence-electron chi connectivity index (χ2n) is 3.07. The van der Waals surface area contributed by atoms with Gasteiger partial charge >= 0.3 is 0 Å². The third-order valence-electron chi connectivity index (χ3n) is 1.92. The second-order valence-corrected chi connectivity index (χ2v) is 3.07. The highest BCUT2D eigenvalue weighted by Crippen LogP contribution is 2.23. The molecule has 1 N–H and O–H groups in total. The molecule has 58 valence electrons. The molecule has 3 atom stereocenters. The molecule has 10 heavy (non-hydrogen) atoms. The molecule has 0 amide bonds. The van der Waals surface area contributed by atoms with E-state index in [0.717, 1.165) is 5.57 Å². The molecule has 0 aromatic rings. The van der Waals surface area contributed by atoms with Crippen molar-refractivity contribution in [1.82, 2.24) is 0 Å². The van der Waals surface area contributed by atoms with Crippen LogP contribution in [0.25, 0.3) is 0 Å². The number of aliphatic hydroxyl groups excluding tert-OH is 1. The van der Waals surface area contributed by atoms with Gasteiger partial charge in [-0.2, -0.15) is 0 Å². The van der Waals surface area contributed by atoms with E-state index in [1.54, 1.807) is 0 Å². The van der Waals surface area contributed by atoms with E-state index in [4.69, 9.17) is 4.74 Å². The Balaban J connectivity index is 2.57. The van der Waals surface area contributed by atoms with Gasteiger partial charge in [0.05, 0.1) is 12.7 Å². The molecule has 0 aliphatic carbocycles. The van der Waals surface area contributed by atoms with Crippen LogP contribution < -0.4 is 0 Å². The fraction of sp³-hybridized carbons (Fsp3) is 0.750. The van der Waals surface area contributed by atoms with Crippen LogP contribution in [0.5, 0.6) is 0 Å². The molecule has 0 saturated carbocycles. The zero-order valence-electron chi connectivity index (χ0n) is 6.50. The Kier molecular flexibility index (Phi) is 2.11. The number of aliphatic hydroxyl groups is 1. The maximum Gasteiger partial charge on any atom is 0.104 e. The fourth-order valence-corrected chi connectivity index (χ4v) is 1.18. The maximum atomic E-state index is 9.44. The van der Waals surface area contributed by atoms with E-state index in [1.807, 2.05) is 13.8 Å². The van der Waals surface area contributed by atoms with Crippen LogP contribution in [0.3, 0.4) is 0 Å². The first-order valence-corrected chi connectivity index (χ1v) is 3.58. The molecule has 0 radical (unpaired) electrons. The molecule has 1 fully saturated rings. The van der Waals surface area contributed by atoms with Crippen LogP contribution in [0, 0.1) is 5.92 Å². The highest BCUT2D eigenvalue weighted by Gasteiger charge is 2.32. The van der Waals surface area contributed by atoms with Crippen molar-refractivity contribution in [3.63, 3.8) is 0 Å². The fourth-order valence-electron chi connectivity index (χ4n) is 1.18. The van der Waals surface area contributed by atoms with Crippen LogP contribution >= 0.6 is 0 Å². The molecule has 0 aromatic heterocycles. The lowest BCUT2D eigenvalue weighted by Crippen LogP contribution is -2.25. The largest absolute Gasteiger partial charge is 0.390 e. The normalized spacial score (nSPS) is 40.1. The number of hydrogen-bond acceptors (Lipinski definition) is 2. The van der Waals surface area contributed by atoms with Gasteiger partial charge < -0.3 is 9.84 Å². The summed E-state index contributed by atoms with van der Waals surface area (Å²) in [5, 5.41) is 9.44. The Morgan fingerprint density at radius 1 is 1.70 bits per heavy atom. The SMILES string of the molecule is C=C(C)C1OCC(C)C1O. The Hall–Kier alpha value is -0.340. The highest BCUT2D eigenvalue weighted by atomic mass is 16.5. The van der Waals surface area contributed by atoms with Crippen molar-refractivity contribution in [3.8, 4) is 0 Å². The quantitative estimate of drug-likeness (QED) is 0.552. The first-order chi connectivity index (χ1) is 4.63. The smallest absolute Gasteiger partial charge is 0.104 e. The summed E-state index contributed by atoms with van der Waals surface area (Å²) < 4.78 is 5.29. The van der Waals surface area contributed by atoms with Crippen LogP contribution in [0.4, 0.5) is 0 Å². The van der Waals surface area contributed by atoms with Crippen LogP contribution in [0.2, 0.25) is 0 Å². The predicted molar refractivity (Wildman–Crippen MR) is 39.7 cm³/mol. The first-order valence-electron chi connectivity index (χ1n) is 3.58. The maximum absolute atomic E-state index is 9.44. The lowest BCUT2D eigenvalue weighted by Gasteiger charge is -2.14. The van der Waals surface area contributed by atoms with Crippen molar-refractivity contribution in [2.24, 2.45) is 5.92 Å². The second kappa shape index (κ2) is 2.72. The van der Waals surface area contributed by atoms with E-state index in [9.17, 15) is 5.11 Å². The molecular formula is C8H14O2. The minimum absolute atomic E-state index is 0.130. The van der Waals surface area contributed by atoms with E-state index in [-0.39, 0.29) is 18.1 Å². The zero-order valence-corrected chi connectivity index (χ0v) is 6.50. The van der Waals surface area contributed by atoms with E-state index in [1.165, 1.54) is 0 Å². The van der Waals surface area contributed by atoms with Gasteiger partial charge in [-0.15, -0.1) is 0 Å². The van der Waals surface area contributed by atoms with Crippen molar-refractivity contribution < 1.29 is 9.84 Å². The number of rotatable bonds is 1. The van der Waals surface area contributed by atoms with Gasteiger partial charge in [0.15, 0.2) is 0 Å². The average Bonchev–Trinajstić information content (AvgIpc) is 2.14. The van der Waals surface area contributed by atoms with E-state index >= 15 is 0 Å². The Morgan fingerprint density at radius 2 is 2.30 bits per heavy atom. The molecule has 0 aromatic carbocycles. The van der Waals surface area contributed by atoms with E-state index in [2.05, 4.69) is 6.58 Å². The summed E-state index contributed by atoms with van der Waals surface area (Å²) in [5.74, 6) is 0.252. The molecule has 1 aliphatic rings. The summed E-state index contributed by atoms with van der Waals surface area (Å²) in [4.78, 5) is 0. The monoisotopic (exact) mass is 142 g/mol. The molecular weight excluding hydrogens is 128 g/mol. The van der Waals surface area contributed by atoms with Crippen LogP contribution in [0.1, 0.15) is 13.8 Å². The summed E-state index contributed by atoms with van der Waals surface area (Å²) in [6.07, 6.45) is -0.479. The lowest BCUT2D eigenvalue weighted by molar-refractivity contribution is 0.0640. The third-order valence-corrected chi connectivity index (χ3v) is 1.92. The molecule has 1 heterocycles. The molecule has 2 heteroatoms. The molecule has 2 nitrogen and oxygen atoms in total. The topological polar surface area (TPSA) is 29.5 Å². The van der Waals surface area contributed by atoms with Crippen LogP contribution in [-0.4, -0.2) is 23.9 Å². The molecule has 1 saturated heterocycles. The lowest BCUT2D eigenvalue weighted by atomic mass is 10.0. The number of hydrogen-bond donors (Lipinski definition) is 1. The van der Waals surface area contributed by atoms with Gasteiger partial charge in [0.1, 0.15) is 6.10 Å². The summed E-state index contributed by atoms with van der Waals surface area (Å²) in [7, 11) is 0. The molecule has 0 spiro atoms. The van der Waals surface area contributed by atoms with Gasteiger partial charge in [-0.1, -0.05) is 13.5 Å². The minimum atomic E-state index is -0.350. The van der Waals surface area contributed by atoms with Crippen molar-refractivity contribution >= 4 is 0 Å². The average molecular weight is 142 g/mol. The Bertz CT molecular complexity index is 142. The summed E-state index contributed by atoms with van der Waals surface area (Å²) in [5.41, 5.74) is 0.914. The van der Waals surface area contributed by atoms with Crippen molar-refractivity contribution in [2.45, 2.75) is 26.1 Å². The zero-order chi connectivity index (χ0) is 7.72. The molecule has 3 unspecified atom stereocenters. The minimum Gasteiger partial charge on any atom is -0.390 e. The van der Waals surface area contributed by atoms with Crippen molar-refractivity contribution in [2.75, 3.05) is 6.61 Å². The van der Waals surface area contributed by atoms with Crippen molar-refractivity contribution in [1.29, 1.82) is 0 Å². The van der Waals surface area contributed by atoms with E-state index < -0.39 is 0 Å². The first kappa shape index (κ1) is 7.76. The van der Waals surface area contributed by atoms with Crippen molar-refractivity contribution in [3.05, 3.63) is 12.2 Å². The Morgan fingerprint density at radius 3 is 2.50 bits per heavy atom. The highest BCUT2D eigenvalue weighted by molar-refractivity contribution is 5.04. The van der Waals surface area contributed by atoms with Crippen LogP contribution in [0.15, 0.2) is 12.2 Å². The van der Waals surface area contributed by atoms with Gasteiger partial charge in [0, 0.05) is 5.92 Å². The summed E-state index contributed by atoms with van der Waals surface area (Å²) in [6.45, 7) is 8.25. The Labute approximate surface area is 61.5 Å². The summed E-state index contributed by atoms with van der Waals surface area (Å²) >= 11 is 0. The van der Waals surface area contributed by atoms with Gasteiger partial charge in [0.2, 0.25) is 0 Å². The van der Waals surface area contributed by atoms with E-state index in [0.29, 0.717) is 6.61 Å². The standard InChI is InChI=1S/C8H14O2/c1-5(2)8-7(9)6(3)4-10-8/h6-9H,1,4H2,2-3H3. The van der Waals surface area contributed by atoms with Gasteiger partial charge in [-0.25, -0.2) is 0 Å². The van der Waals surface area contributed by atoms with Gasteiger partial charge in [-0.3, -0.25) is 0 Å². The predicted octanol–water partition coefficient (Wildman–Crippen LogP) is 0.958. The molecule has 1 aliphatic heterocycles. The van der Waals surface area contributed by atoms with Gasteiger partial charge in [-0.05, 0) is 12.5 Å². The van der Waals surface area contributed by atoms with Gasteiger partial charge in [0.25, 0.3) is 0 Å². The summed E-state index contributed by atoms with van der Waals surface area (Å²) in [6, 6.07) is 0. The van der Waals surface area contributed by atoms with Crippen LogP contribution in [-0.2, 0) is 4.74 Å². The molecule has 0 bridgehead atoms.